The third kappa shape index (κ3) is 3.25. The van der Waals surface area contributed by atoms with Gasteiger partial charge >= 0.3 is 0 Å². The summed E-state index contributed by atoms with van der Waals surface area (Å²) in [4.78, 5) is 19.4. The third-order valence-electron chi connectivity index (χ3n) is 6.57. The summed E-state index contributed by atoms with van der Waals surface area (Å²) in [5, 5.41) is 0. The van der Waals surface area contributed by atoms with Crippen LogP contribution >= 0.6 is 0 Å². The lowest BCUT2D eigenvalue weighted by Crippen LogP contribution is -2.30. The molecule has 1 aromatic heterocycles. The average molecular weight is 329 g/mol. The molecule has 132 valence electrons. The molecule has 0 N–H and O–H groups in total. The van der Waals surface area contributed by atoms with E-state index in [0.717, 1.165) is 32.5 Å². The number of hydrogen-bond acceptors (Lipinski definition) is 2. The van der Waals surface area contributed by atoms with E-state index in [-0.39, 0.29) is 0 Å². The van der Waals surface area contributed by atoms with Crippen LogP contribution in [0.15, 0.2) is 6.20 Å². The molecule has 1 amide bonds. The number of rotatable bonds is 5. The van der Waals surface area contributed by atoms with Crippen molar-refractivity contribution in [1.29, 1.82) is 0 Å². The second kappa shape index (κ2) is 6.89. The Morgan fingerprint density at radius 1 is 1.12 bits per heavy atom. The van der Waals surface area contributed by atoms with Gasteiger partial charge in [0.15, 0.2) is 0 Å². The van der Waals surface area contributed by atoms with Crippen molar-refractivity contribution in [2.24, 2.45) is 11.8 Å². The summed E-state index contributed by atoms with van der Waals surface area (Å²) < 4.78 is 2.44. The molecule has 1 aromatic rings. The van der Waals surface area contributed by atoms with Gasteiger partial charge in [-0.1, -0.05) is 19.3 Å². The van der Waals surface area contributed by atoms with Gasteiger partial charge in [-0.05, 0) is 50.9 Å². The molecule has 0 radical (unpaired) electrons. The number of carbonyl (C=O) groups is 1. The molecule has 3 fully saturated rings. The highest BCUT2D eigenvalue weighted by molar-refractivity contribution is 5.76. The van der Waals surface area contributed by atoms with Gasteiger partial charge in [0.1, 0.15) is 5.82 Å². The quantitative estimate of drug-likeness (QED) is 0.822. The summed E-state index contributed by atoms with van der Waals surface area (Å²) in [6, 6.07) is 0. The van der Waals surface area contributed by atoms with E-state index in [4.69, 9.17) is 0 Å². The van der Waals surface area contributed by atoms with Crippen LogP contribution in [0.1, 0.15) is 75.2 Å². The van der Waals surface area contributed by atoms with Crippen molar-refractivity contribution in [2.75, 3.05) is 13.1 Å². The molecule has 4 nitrogen and oxygen atoms in total. The van der Waals surface area contributed by atoms with Crippen LogP contribution in [0.5, 0.6) is 0 Å². The summed E-state index contributed by atoms with van der Waals surface area (Å²) in [5.74, 6) is 3.66. The first kappa shape index (κ1) is 16.2. The van der Waals surface area contributed by atoms with Crippen molar-refractivity contribution in [3.8, 4) is 0 Å². The Balaban J connectivity index is 1.34. The van der Waals surface area contributed by atoms with Crippen LogP contribution in [0.4, 0.5) is 0 Å². The molecule has 0 spiro atoms. The Morgan fingerprint density at radius 2 is 1.92 bits per heavy atom. The minimum absolute atomic E-state index is 0.408. The second-order valence-electron chi connectivity index (χ2n) is 8.35. The fourth-order valence-electron chi connectivity index (χ4n) is 4.77. The van der Waals surface area contributed by atoms with Crippen LogP contribution in [-0.4, -0.2) is 33.4 Å². The van der Waals surface area contributed by atoms with Gasteiger partial charge in [0.2, 0.25) is 5.91 Å². The molecule has 24 heavy (non-hydrogen) atoms. The summed E-state index contributed by atoms with van der Waals surface area (Å²) in [7, 11) is 0. The van der Waals surface area contributed by atoms with Crippen molar-refractivity contribution in [3.63, 3.8) is 0 Å². The summed E-state index contributed by atoms with van der Waals surface area (Å²) in [6.07, 6.45) is 13.1. The molecule has 3 aliphatic rings. The first-order valence-corrected chi connectivity index (χ1v) is 10.0. The molecule has 2 saturated carbocycles. The highest BCUT2D eigenvalue weighted by atomic mass is 16.2. The Bertz CT molecular complexity index is 584. The maximum Gasteiger partial charge on any atom is 0.222 e. The van der Waals surface area contributed by atoms with Crippen LogP contribution in [0.3, 0.4) is 0 Å². The largest absolute Gasteiger partial charge is 0.342 e. The van der Waals surface area contributed by atoms with E-state index in [1.165, 1.54) is 56.5 Å². The predicted molar refractivity (Wildman–Crippen MR) is 94.8 cm³/mol. The van der Waals surface area contributed by atoms with Crippen molar-refractivity contribution in [3.05, 3.63) is 17.7 Å². The van der Waals surface area contributed by atoms with Crippen molar-refractivity contribution < 1.29 is 4.79 Å². The molecular formula is C20H31N3O. The van der Waals surface area contributed by atoms with Gasteiger partial charge in [-0.3, -0.25) is 4.79 Å². The third-order valence-corrected chi connectivity index (χ3v) is 6.57. The molecule has 4 heteroatoms. The van der Waals surface area contributed by atoms with Crippen molar-refractivity contribution in [2.45, 2.75) is 77.2 Å². The summed E-state index contributed by atoms with van der Waals surface area (Å²) >= 11 is 0. The maximum absolute atomic E-state index is 12.6. The Kier molecular flexibility index (Phi) is 4.64. The lowest BCUT2D eigenvalue weighted by atomic mass is 9.84. The highest BCUT2D eigenvalue weighted by Crippen LogP contribution is 2.36. The molecule has 1 unspecified atom stereocenters. The van der Waals surface area contributed by atoms with E-state index < -0.39 is 0 Å². The molecule has 1 aliphatic heterocycles. The zero-order chi connectivity index (χ0) is 16.5. The fraction of sp³-hybridized carbons (Fsp3) is 0.800. The molecule has 0 bridgehead atoms. The van der Waals surface area contributed by atoms with E-state index in [1.807, 2.05) is 6.20 Å². The zero-order valence-corrected chi connectivity index (χ0v) is 15.0. The number of aromatic nitrogens is 2. The van der Waals surface area contributed by atoms with Crippen LogP contribution in [0.25, 0.3) is 0 Å². The van der Waals surface area contributed by atoms with Crippen molar-refractivity contribution >= 4 is 5.91 Å². The summed E-state index contributed by atoms with van der Waals surface area (Å²) in [6.45, 7) is 5.13. The summed E-state index contributed by atoms with van der Waals surface area (Å²) in [5.41, 5.74) is 1.28. The Labute approximate surface area is 145 Å². The predicted octanol–water partition coefficient (Wildman–Crippen LogP) is 3.89. The van der Waals surface area contributed by atoms with Gasteiger partial charge in [0.05, 0.1) is 0 Å². The lowest BCUT2D eigenvalue weighted by molar-refractivity contribution is -0.131. The second-order valence-corrected chi connectivity index (χ2v) is 8.35. The molecular weight excluding hydrogens is 298 g/mol. The van der Waals surface area contributed by atoms with Crippen LogP contribution in [0, 0.1) is 18.8 Å². The van der Waals surface area contributed by atoms with E-state index in [1.54, 1.807) is 0 Å². The first-order chi connectivity index (χ1) is 11.7. The molecule has 0 aromatic carbocycles. The SMILES string of the molecule is Cc1cnc(C2CCC2)n1CC1CCN(C(=O)CC2CCCC2)C1. The van der Waals surface area contributed by atoms with Crippen LogP contribution in [0.2, 0.25) is 0 Å². The number of likely N-dealkylation sites (tertiary alicyclic amines) is 1. The number of amides is 1. The standard InChI is InChI=1S/C20H31N3O/c1-15-12-21-20(18-7-4-8-18)23(15)14-17-9-10-22(13-17)19(24)11-16-5-2-3-6-16/h12,16-18H,2-11,13-14H2,1H3. The van der Waals surface area contributed by atoms with E-state index in [9.17, 15) is 4.79 Å². The maximum atomic E-state index is 12.6. The average Bonchev–Trinajstić information content (AvgIpc) is 3.23. The first-order valence-electron chi connectivity index (χ1n) is 10.0. The van der Waals surface area contributed by atoms with Gasteiger partial charge in [-0.25, -0.2) is 4.98 Å². The normalized spacial score (nSPS) is 25.4. The number of aryl methyl sites for hydroxylation is 1. The van der Waals surface area contributed by atoms with Gasteiger partial charge in [-0.2, -0.15) is 0 Å². The fourth-order valence-corrected chi connectivity index (χ4v) is 4.77. The van der Waals surface area contributed by atoms with Gasteiger partial charge < -0.3 is 9.47 Å². The van der Waals surface area contributed by atoms with Crippen LogP contribution in [-0.2, 0) is 11.3 Å². The molecule has 1 saturated heterocycles. The number of imidazole rings is 1. The van der Waals surface area contributed by atoms with Gasteiger partial charge in [0, 0.05) is 43.9 Å². The Morgan fingerprint density at radius 3 is 2.62 bits per heavy atom. The van der Waals surface area contributed by atoms with Crippen molar-refractivity contribution in [1.82, 2.24) is 14.5 Å². The van der Waals surface area contributed by atoms with Gasteiger partial charge in [-0.15, -0.1) is 0 Å². The van der Waals surface area contributed by atoms with E-state index in [2.05, 4.69) is 21.4 Å². The monoisotopic (exact) mass is 329 g/mol. The topological polar surface area (TPSA) is 38.1 Å². The van der Waals surface area contributed by atoms with E-state index in [0.29, 0.717) is 23.7 Å². The van der Waals surface area contributed by atoms with Crippen LogP contribution < -0.4 is 0 Å². The number of hydrogen-bond donors (Lipinski definition) is 0. The van der Waals surface area contributed by atoms with E-state index >= 15 is 0 Å². The number of carbonyl (C=O) groups excluding carboxylic acids is 1. The zero-order valence-electron chi connectivity index (χ0n) is 15.0. The molecule has 4 rings (SSSR count). The smallest absolute Gasteiger partial charge is 0.222 e. The minimum Gasteiger partial charge on any atom is -0.342 e. The Hall–Kier alpha value is -1.32. The molecule has 2 heterocycles. The highest BCUT2D eigenvalue weighted by Gasteiger charge is 2.31. The molecule has 1 atom stereocenters. The lowest BCUT2D eigenvalue weighted by Gasteiger charge is -2.27. The number of nitrogens with zero attached hydrogens (tertiary/aromatic N) is 3. The molecule has 2 aliphatic carbocycles. The van der Waals surface area contributed by atoms with Gasteiger partial charge in [0.25, 0.3) is 0 Å². The minimum atomic E-state index is 0.408.